The number of aliphatic hydroxyl groups is 1. The van der Waals surface area contributed by atoms with Gasteiger partial charge in [-0.2, -0.15) is 0 Å². The Morgan fingerprint density at radius 2 is 0.950 bits per heavy atom. The molecular weight excluding hydrogens is 286 g/mol. The molecule has 2 rings (SSSR count). The summed E-state index contributed by atoms with van der Waals surface area (Å²) in [6.45, 7) is 0. The Bertz CT molecular complexity index is 613. The molecule has 106 valence electrons. The number of halogens is 6. The molecule has 0 aromatic heterocycles. The minimum atomic E-state index is -2.11. The lowest BCUT2D eigenvalue weighted by Crippen LogP contribution is -2.09. The van der Waals surface area contributed by atoms with Gasteiger partial charge in [0.25, 0.3) is 0 Å². The Balaban J connectivity index is 2.55. The van der Waals surface area contributed by atoms with Crippen molar-refractivity contribution in [1.29, 1.82) is 0 Å². The molecule has 0 atom stereocenters. The highest BCUT2D eigenvalue weighted by molar-refractivity contribution is 5.33. The molecule has 0 aliphatic heterocycles. The zero-order chi connectivity index (χ0) is 15.0. The third-order valence-electron chi connectivity index (χ3n) is 2.72. The van der Waals surface area contributed by atoms with Crippen molar-refractivity contribution in [3.05, 3.63) is 70.3 Å². The second kappa shape index (κ2) is 5.16. The highest BCUT2D eigenvalue weighted by atomic mass is 19.2. The Hall–Kier alpha value is -2.02. The van der Waals surface area contributed by atoms with E-state index in [0.717, 1.165) is 0 Å². The summed E-state index contributed by atoms with van der Waals surface area (Å²) in [5.41, 5.74) is -1.59. The second-order valence-electron chi connectivity index (χ2n) is 3.93. The van der Waals surface area contributed by atoms with Crippen molar-refractivity contribution in [2.75, 3.05) is 0 Å². The summed E-state index contributed by atoms with van der Waals surface area (Å²) >= 11 is 0. The van der Waals surface area contributed by atoms with Crippen LogP contribution in [0.15, 0.2) is 24.3 Å². The fourth-order valence-corrected chi connectivity index (χ4v) is 1.67. The number of benzene rings is 2. The van der Waals surface area contributed by atoms with Crippen LogP contribution in [0, 0.1) is 34.9 Å². The van der Waals surface area contributed by atoms with Gasteiger partial charge in [0.2, 0.25) is 0 Å². The SMILES string of the molecule is OC(c1ccc(F)c(F)c1F)c1ccc(F)c(F)c1F. The van der Waals surface area contributed by atoms with Crippen molar-refractivity contribution >= 4 is 0 Å². The summed E-state index contributed by atoms with van der Waals surface area (Å²) < 4.78 is 78.4. The zero-order valence-electron chi connectivity index (χ0n) is 9.60. The second-order valence-corrected chi connectivity index (χ2v) is 3.93. The van der Waals surface area contributed by atoms with Crippen LogP contribution in [-0.2, 0) is 0 Å². The van der Waals surface area contributed by atoms with Crippen molar-refractivity contribution in [3.63, 3.8) is 0 Å². The summed E-state index contributed by atoms with van der Waals surface area (Å²) in [6.07, 6.45) is -2.11. The van der Waals surface area contributed by atoms with Crippen LogP contribution in [0.4, 0.5) is 26.3 Å². The van der Waals surface area contributed by atoms with Crippen LogP contribution < -0.4 is 0 Å². The molecule has 0 aliphatic carbocycles. The quantitative estimate of drug-likeness (QED) is 0.662. The van der Waals surface area contributed by atoms with Crippen molar-refractivity contribution in [2.45, 2.75) is 6.10 Å². The van der Waals surface area contributed by atoms with Gasteiger partial charge in [0.05, 0.1) is 0 Å². The van der Waals surface area contributed by atoms with Crippen molar-refractivity contribution in [2.24, 2.45) is 0 Å². The van der Waals surface area contributed by atoms with Crippen molar-refractivity contribution in [3.8, 4) is 0 Å². The average Bonchev–Trinajstić information content (AvgIpc) is 2.42. The van der Waals surface area contributed by atoms with E-state index in [-0.39, 0.29) is 0 Å². The summed E-state index contributed by atoms with van der Waals surface area (Å²) in [5.74, 6) is -10.2. The summed E-state index contributed by atoms with van der Waals surface area (Å²) in [6, 6.07) is 2.40. The number of hydrogen-bond acceptors (Lipinski definition) is 1. The van der Waals surface area contributed by atoms with Gasteiger partial charge < -0.3 is 5.11 Å². The third-order valence-corrected chi connectivity index (χ3v) is 2.72. The zero-order valence-corrected chi connectivity index (χ0v) is 9.60. The van der Waals surface area contributed by atoms with Crippen LogP contribution in [-0.4, -0.2) is 5.11 Å². The van der Waals surface area contributed by atoms with Crippen molar-refractivity contribution in [1.82, 2.24) is 0 Å². The first kappa shape index (κ1) is 14.4. The van der Waals surface area contributed by atoms with Gasteiger partial charge >= 0.3 is 0 Å². The van der Waals surface area contributed by atoms with E-state index < -0.39 is 52.1 Å². The summed E-state index contributed by atoms with van der Waals surface area (Å²) in [4.78, 5) is 0. The highest BCUT2D eigenvalue weighted by Gasteiger charge is 2.25. The lowest BCUT2D eigenvalue weighted by molar-refractivity contribution is 0.205. The molecule has 0 unspecified atom stereocenters. The lowest BCUT2D eigenvalue weighted by Gasteiger charge is -2.14. The Labute approximate surface area is 109 Å². The maximum atomic E-state index is 13.4. The molecule has 1 N–H and O–H groups in total. The van der Waals surface area contributed by atoms with Gasteiger partial charge in [0.1, 0.15) is 6.10 Å². The first-order valence-electron chi connectivity index (χ1n) is 5.29. The molecule has 0 radical (unpaired) electrons. The predicted octanol–water partition coefficient (Wildman–Crippen LogP) is 3.60. The summed E-state index contributed by atoms with van der Waals surface area (Å²) in [7, 11) is 0. The molecule has 0 heterocycles. The fourth-order valence-electron chi connectivity index (χ4n) is 1.67. The average molecular weight is 292 g/mol. The maximum absolute atomic E-state index is 13.4. The monoisotopic (exact) mass is 292 g/mol. The van der Waals surface area contributed by atoms with Gasteiger partial charge in [0.15, 0.2) is 34.9 Å². The van der Waals surface area contributed by atoms with Crippen LogP contribution in [0.1, 0.15) is 17.2 Å². The molecule has 1 nitrogen and oxygen atoms in total. The van der Waals surface area contributed by atoms with Crippen LogP contribution in [0.25, 0.3) is 0 Å². The van der Waals surface area contributed by atoms with E-state index in [1.54, 1.807) is 0 Å². The van der Waals surface area contributed by atoms with E-state index in [2.05, 4.69) is 0 Å². The molecule has 0 saturated carbocycles. The lowest BCUT2D eigenvalue weighted by atomic mass is 10.00. The largest absolute Gasteiger partial charge is 0.383 e. The molecule has 20 heavy (non-hydrogen) atoms. The predicted molar refractivity (Wildman–Crippen MR) is 56.7 cm³/mol. The van der Waals surface area contributed by atoms with Gasteiger partial charge in [-0.15, -0.1) is 0 Å². The Morgan fingerprint density at radius 1 is 0.600 bits per heavy atom. The smallest absolute Gasteiger partial charge is 0.194 e. The van der Waals surface area contributed by atoms with Gasteiger partial charge in [-0.25, -0.2) is 26.3 Å². The van der Waals surface area contributed by atoms with Crippen LogP contribution in [0.3, 0.4) is 0 Å². The molecule has 0 spiro atoms. The molecule has 0 amide bonds. The molecule has 0 fully saturated rings. The highest BCUT2D eigenvalue weighted by Crippen LogP contribution is 2.29. The van der Waals surface area contributed by atoms with Gasteiger partial charge in [-0.3, -0.25) is 0 Å². The molecule has 0 saturated heterocycles. The first-order valence-corrected chi connectivity index (χ1v) is 5.29. The first-order chi connectivity index (χ1) is 9.34. The Morgan fingerprint density at radius 3 is 1.30 bits per heavy atom. The molecule has 2 aromatic carbocycles. The minimum Gasteiger partial charge on any atom is -0.383 e. The van der Waals surface area contributed by atoms with Gasteiger partial charge in [-0.1, -0.05) is 12.1 Å². The van der Waals surface area contributed by atoms with E-state index in [1.165, 1.54) is 0 Å². The normalized spacial score (nSPS) is 11.2. The number of hydrogen-bond donors (Lipinski definition) is 1. The van der Waals surface area contributed by atoms with Crippen molar-refractivity contribution < 1.29 is 31.4 Å². The fraction of sp³-hybridized carbons (Fsp3) is 0.0769. The molecule has 2 aromatic rings. The molecule has 0 bridgehead atoms. The topological polar surface area (TPSA) is 20.2 Å². The van der Waals surface area contributed by atoms with E-state index in [9.17, 15) is 31.4 Å². The van der Waals surface area contributed by atoms with E-state index >= 15 is 0 Å². The summed E-state index contributed by atoms with van der Waals surface area (Å²) in [5, 5.41) is 9.73. The van der Waals surface area contributed by atoms with E-state index in [0.29, 0.717) is 24.3 Å². The van der Waals surface area contributed by atoms with Crippen LogP contribution in [0.2, 0.25) is 0 Å². The maximum Gasteiger partial charge on any atom is 0.194 e. The number of aliphatic hydroxyl groups excluding tert-OH is 1. The molecule has 0 aliphatic rings. The van der Waals surface area contributed by atoms with E-state index in [4.69, 9.17) is 0 Å². The van der Waals surface area contributed by atoms with E-state index in [1.807, 2.05) is 0 Å². The van der Waals surface area contributed by atoms with Gasteiger partial charge in [0, 0.05) is 11.1 Å². The molecular formula is C13H6F6O. The minimum absolute atomic E-state index is 0.523. The Kier molecular flexibility index (Phi) is 3.71. The third kappa shape index (κ3) is 2.24. The molecule has 7 heteroatoms. The van der Waals surface area contributed by atoms with Crippen LogP contribution in [0.5, 0.6) is 0 Å². The van der Waals surface area contributed by atoms with Crippen LogP contribution >= 0.6 is 0 Å². The van der Waals surface area contributed by atoms with Gasteiger partial charge in [-0.05, 0) is 12.1 Å². The standard InChI is InChI=1S/C13H6F6O/c14-7-3-1-5(9(16)11(7)18)13(20)6-2-4-8(15)12(19)10(6)17/h1-4,13,20H. The number of rotatable bonds is 2.